The fourth-order valence-electron chi connectivity index (χ4n) is 13.5. The van der Waals surface area contributed by atoms with Gasteiger partial charge in [-0.2, -0.15) is 0 Å². The molecule has 44 heteroatoms. The number of aromatic hydroxyl groups is 1. The predicted molar refractivity (Wildman–Crippen MR) is 434 cm³/mol. The van der Waals surface area contributed by atoms with Gasteiger partial charge in [-0.25, -0.2) is 26.9 Å². The summed E-state index contributed by atoms with van der Waals surface area (Å²) in [5, 5.41) is 82.6. The largest absolute Gasteiger partial charge is 0.508 e. The zero-order valence-electron chi connectivity index (χ0n) is 69.9. The Labute approximate surface area is 715 Å². The molecule has 688 valence electrons. The van der Waals surface area contributed by atoms with Crippen LogP contribution < -0.4 is 86.3 Å². The van der Waals surface area contributed by atoms with Crippen molar-refractivity contribution in [2.45, 2.75) is 254 Å². The van der Waals surface area contributed by atoms with Crippen molar-refractivity contribution in [2.24, 2.45) is 29.0 Å². The number of aliphatic carboxylic acids is 1. The Morgan fingerprint density at radius 3 is 1.42 bits per heavy atom. The topological polar surface area (TPSA) is 637 Å². The van der Waals surface area contributed by atoms with Gasteiger partial charge in [0, 0.05) is 50.8 Å². The van der Waals surface area contributed by atoms with Crippen molar-refractivity contribution in [2.75, 3.05) is 13.2 Å². The van der Waals surface area contributed by atoms with E-state index in [1.165, 1.54) is 50.6 Å². The number of aromatic amines is 1. The monoisotopic (exact) mass is 1770 g/mol. The number of aromatic nitrogens is 2. The molecular formula is C81H113F5N18O21. The molecule has 1 aliphatic rings. The number of unbranched alkanes of at least 4 members (excludes halogenated alkanes) is 1. The molecule has 1 saturated carbocycles. The van der Waals surface area contributed by atoms with E-state index < -0.39 is 272 Å². The number of carbonyl (C=O) groups is 16. The van der Waals surface area contributed by atoms with E-state index in [4.69, 9.17) is 17.2 Å². The van der Waals surface area contributed by atoms with Crippen LogP contribution in [0.5, 0.6) is 5.75 Å². The molecule has 0 bridgehead atoms. The van der Waals surface area contributed by atoms with E-state index in [0.717, 1.165) is 33.1 Å². The molecule has 125 heavy (non-hydrogen) atoms. The first-order chi connectivity index (χ1) is 59.0. The fourth-order valence-corrected chi connectivity index (χ4v) is 13.5. The lowest BCUT2D eigenvalue weighted by molar-refractivity contribution is -0.139. The molecule has 1 fully saturated rings. The van der Waals surface area contributed by atoms with Crippen LogP contribution in [0.15, 0.2) is 67.1 Å². The van der Waals surface area contributed by atoms with E-state index in [2.05, 4.69) is 63.1 Å². The second kappa shape index (κ2) is 51.1. The number of rotatable bonds is 52. The first-order valence-corrected chi connectivity index (χ1v) is 40.7. The normalized spacial score (nSPS) is 15.7. The maximum absolute atomic E-state index is 15.5. The Morgan fingerprint density at radius 2 is 0.920 bits per heavy atom. The Bertz CT molecular complexity index is 4350. The number of carbonyl (C=O) groups excluding carboxylic acids is 15. The molecule has 15 atom stereocenters. The highest BCUT2D eigenvalue weighted by Crippen LogP contribution is 2.29. The number of benzene rings is 3. The summed E-state index contributed by atoms with van der Waals surface area (Å²) in [4.78, 5) is 228. The van der Waals surface area contributed by atoms with Crippen molar-refractivity contribution in [3.8, 4) is 5.75 Å². The summed E-state index contributed by atoms with van der Waals surface area (Å²) < 4.78 is 75.1. The first kappa shape index (κ1) is 103. The first-order valence-electron chi connectivity index (χ1n) is 40.7. The number of H-pyrrole nitrogens is 1. The van der Waals surface area contributed by atoms with Crippen molar-refractivity contribution in [3.05, 3.63) is 119 Å². The Hall–Kier alpha value is -12.3. The van der Waals surface area contributed by atoms with Crippen LogP contribution in [0.3, 0.4) is 0 Å². The van der Waals surface area contributed by atoms with Crippen molar-refractivity contribution < 1.29 is 124 Å². The summed E-state index contributed by atoms with van der Waals surface area (Å²) >= 11 is 0. The van der Waals surface area contributed by atoms with Crippen LogP contribution in [0.25, 0.3) is 0 Å². The number of carboxylic acids is 1. The number of amides is 15. The zero-order chi connectivity index (χ0) is 93.1. The van der Waals surface area contributed by atoms with Gasteiger partial charge in [-0.1, -0.05) is 88.4 Å². The number of halogens is 5. The number of carboxylic acid groups (broad SMARTS) is 1. The molecule has 39 nitrogen and oxygen atoms in total. The molecule has 0 unspecified atom stereocenters. The van der Waals surface area contributed by atoms with E-state index in [-0.39, 0.29) is 73.9 Å². The molecule has 1 aliphatic carbocycles. The number of hydrogen-bond acceptors (Lipinski definition) is 22. The van der Waals surface area contributed by atoms with Gasteiger partial charge in [0.2, 0.25) is 94.4 Å². The van der Waals surface area contributed by atoms with E-state index in [9.17, 15) is 106 Å². The summed E-state index contributed by atoms with van der Waals surface area (Å²) in [5.74, 6) is -32.3. The van der Waals surface area contributed by atoms with Gasteiger partial charge in [-0.15, -0.1) is 0 Å². The number of phenolic OH excluding ortho intramolecular Hbond substituents is 1. The molecular weight excluding hydrogens is 1660 g/mol. The van der Waals surface area contributed by atoms with Gasteiger partial charge >= 0.3 is 5.97 Å². The van der Waals surface area contributed by atoms with Crippen LogP contribution in [-0.2, 0) is 102 Å². The lowest BCUT2D eigenvalue weighted by Gasteiger charge is -2.31. The summed E-state index contributed by atoms with van der Waals surface area (Å²) in [7, 11) is 0. The van der Waals surface area contributed by atoms with Gasteiger partial charge in [-0.3, -0.25) is 76.7 Å². The number of imidazole rings is 1. The molecule has 0 spiro atoms. The van der Waals surface area contributed by atoms with Crippen LogP contribution in [0.1, 0.15) is 160 Å². The second-order valence-corrected chi connectivity index (χ2v) is 31.1. The highest BCUT2D eigenvalue weighted by atomic mass is 19.2. The fraction of sp³-hybridized carbons (Fsp3) is 0.543. The number of aryl methyl sites for hydroxylation is 1. The summed E-state index contributed by atoms with van der Waals surface area (Å²) in [6, 6.07) is -10.1. The van der Waals surface area contributed by atoms with E-state index in [0.29, 0.717) is 24.8 Å². The van der Waals surface area contributed by atoms with Crippen molar-refractivity contribution in [1.82, 2.24) is 79.1 Å². The minimum Gasteiger partial charge on any atom is -0.508 e. The van der Waals surface area contributed by atoms with Crippen molar-refractivity contribution in [1.29, 1.82) is 0 Å². The maximum Gasteiger partial charge on any atom is 0.303 e. The summed E-state index contributed by atoms with van der Waals surface area (Å²) in [6.07, 6.45) is -2.69. The highest BCUT2D eigenvalue weighted by Gasteiger charge is 2.41. The number of hydrogen-bond donors (Lipinski definition) is 22. The molecule has 1 aromatic heterocycles. The van der Waals surface area contributed by atoms with Gasteiger partial charge < -0.3 is 117 Å². The third-order valence-electron chi connectivity index (χ3n) is 20.4. The van der Waals surface area contributed by atoms with Gasteiger partial charge in [0.15, 0.2) is 23.3 Å². The summed E-state index contributed by atoms with van der Waals surface area (Å²) in [5.41, 5.74) is 15.6. The van der Waals surface area contributed by atoms with Crippen molar-refractivity contribution >= 4 is 94.6 Å². The molecule has 0 aliphatic heterocycles. The average Bonchev–Trinajstić information content (AvgIpc) is 0.805. The van der Waals surface area contributed by atoms with Gasteiger partial charge in [-0.05, 0) is 120 Å². The number of nitrogens with two attached hydrogens (primary N) is 3. The number of aliphatic hydroxyl groups excluding tert-OH is 3. The number of nitrogens with zero attached hydrogens (tertiary/aromatic N) is 1. The smallest absolute Gasteiger partial charge is 0.303 e. The third-order valence-corrected chi connectivity index (χ3v) is 20.4. The maximum atomic E-state index is 15.5. The Balaban J connectivity index is 1.47. The van der Waals surface area contributed by atoms with Crippen LogP contribution >= 0.6 is 0 Å². The third kappa shape index (κ3) is 34.0. The van der Waals surface area contributed by atoms with Crippen LogP contribution in [0.2, 0.25) is 0 Å². The lowest BCUT2D eigenvalue weighted by atomic mass is 9.84. The average molecular weight is 1770 g/mol. The summed E-state index contributed by atoms with van der Waals surface area (Å²) in [6.45, 7) is 6.87. The van der Waals surface area contributed by atoms with E-state index >= 15 is 18.4 Å². The molecule has 0 radical (unpaired) electrons. The van der Waals surface area contributed by atoms with Crippen LogP contribution in [-0.4, -0.2) is 234 Å². The van der Waals surface area contributed by atoms with Crippen LogP contribution in [0.4, 0.5) is 22.0 Å². The second-order valence-electron chi connectivity index (χ2n) is 31.1. The molecule has 5 rings (SSSR count). The number of aliphatic hydroxyl groups is 3. The van der Waals surface area contributed by atoms with Crippen LogP contribution in [0, 0.1) is 40.9 Å². The van der Waals surface area contributed by atoms with Gasteiger partial charge in [0.05, 0.1) is 30.8 Å². The van der Waals surface area contributed by atoms with Gasteiger partial charge in [0.25, 0.3) is 0 Å². The SMILES string of the molecule is CC(=O)N[C@@H](CC(C)C)C(=O)N[C@H](C(=O)N[C@@H](CC1CCCCC1)C(=O)N[C@@H](CCC(=O)O)C(=O)N[C@@H](Cc1c[nH]cn1)C(=O)N[C@@H](Cc1ccc(O)cc1)C(=O)N[C@@H](CCc1ccccc1)C(=O)N[C@@H](C)C(=O)N[C@@H](CCC(N)=O)C(=O)N[C@@H](Cc1c(F)c(F)c(F)c(F)c1F)C(=O)N[C@H](C(=O)N[C@@H](CO)C(=O)N[C@@H](CCCCN)C(N)=O)[C@@H](C)O)[C@@H](C)O. The van der Waals surface area contributed by atoms with E-state index in [1.54, 1.807) is 44.2 Å². The Morgan fingerprint density at radius 1 is 0.472 bits per heavy atom. The molecule has 1 heterocycles. The Kier molecular flexibility index (Phi) is 42.2. The lowest BCUT2D eigenvalue weighted by Crippen LogP contribution is -2.62. The number of nitrogens with one attached hydrogen (secondary N) is 14. The highest BCUT2D eigenvalue weighted by molar-refractivity contribution is 6.00. The zero-order valence-corrected chi connectivity index (χ0v) is 69.9. The molecule has 25 N–H and O–H groups in total. The quantitative estimate of drug-likeness (QED) is 0.00928. The van der Waals surface area contributed by atoms with Crippen molar-refractivity contribution in [3.63, 3.8) is 0 Å². The minimum atomic E-state index is -2.65. The number of phenols is 1. The molecule has 3 aromatic carbocycles. The standard InChI is InChI=1S/C81H113F5N18O21/c1-39(2)31-54(93-43(6)108)77(121)103-67(41(4)106)80(124)101-56(32-45-17-11-8-12-18-45)75(119)97-53(27-29-61(111)112)73(117)99-57(34-47-36-90-38-91-47)76(120)98-55(33-46-20-23-48(109)24-21-46)74(118)96-51(25-22-44-15-9-7-10-16-44)71(115)92-40(3)70(114)95-52(26-28-60(88)110)72(116)100-58(35-49-62(82)64(84)66(86)65(85)63(49)83)78(122)104-68(42(5)107)81(125)102-59(37-105)79(123)94-50(69(89)113)19-13-14-30-87/h7,9-10,15-16,20-21,23-24,36,38-42,45,50-59,67-68,105-107,109H,8,11-14,17-19,22,25-35,37,87H2,1-6H3,(H2,88,110)(H2,89,113)(H,90,91)(H,92,115)(H,93,108)(H,94,123)(H,95,114)(H,96,118)(H,97,119)(H,98,120)(H,99,117)(H,100,116)(H,101,124)(H,102,125)(H,103,121)(H,104,122)(H,111,112)/t40-,41+,42+,50-,51-,52-,53-,54-,55-,56-,57-,58-,59-,67-,68-/m0/s1. The molecule has 15 amide bonds. The number of primary amides is 2. The molecule has 0 saturated heterocycles. The van der Waals surface area contributed by atoms with Gasteiger partial charge in [0.1, 0.15) is 84.3 Å². The predicted octanol–water partition coefficient (Wildman–Crippen LogP) is -2.67. The van der Waals surface area contributed by atoms with E-state index in [1.807, 2.05) is 16.0 Å². The minimum absolute atomic E-state index is 0.00634. The molecule has 4 aromatic rings.